The summed E-state index contributed by atoms with van der Waals surface area (Å²) in [6.07, 6.45) is 2.26. The van der Waals surface area contributed by atoms with Crippen LogP contribution < -0.4 is 0 Å². The van der Waals surface area contributed by atoms with Gasteiger partial charge in [-0.15, -0.1) is 0 Å². The Morgan fingerprint density at radius 2 is 2.19 bits per heavy atom. The molecule has 1 unspecified atom stereocenters. The van der Waals surface area contributed by atoms with Crippen LogP contribution in [0.15, 0.2) is 18.3 Å². The SMILES string of the molecule is CCc1cccnc1C(=O)C(C)C(=O)OC. The molecule has 0 bridgehead atoms. The van der Waals surface area contributed by atoms with E-state index in [1.54, 1.807) is 12.3 Å². The predicted molar refractivity (Wildman–Crippen MR) is 59.1 cm³/mol. The number of nitrogens with zero attached hydrogens (tertiary/aromatic N) is 1. The monoisotopic (exact) mass is 221 g/mol. The van der Waals surface area contributed by atoms with Gasteiger partial charge in [-0.25, -0.2) is 0 Å². The quantitative estimate of drug-likeness (QED) is 0.440. The molecule has 0 aliphatic rings. The lowest BCUT2D eigenvalue weighted by Crippen LogP contribution is -2.24. The lowest BCUT2D eigenvalue weighted by atomic mass is 9.99. The first-order chi connectivity index (χ1) is 7.61. The molecule has 16 heavy (non-hydrogen) atoms. The van der Waals surface area contributed by atoms with E-state index in [2.05, 4.69) is 9.72 Å². The molecule has 4 heteroatoms. The van der Waals surface area contributed by atoms with Crippen LogP contribution in [0.3, 0.4) is 0 Å². The highest BCUT2D eigenvalue weighted by Gasteiger charge is 2.25. The summed E-state index contributed by atoms with van der Waals surface area (Å²) in [4.78, 5) is 27.2. The second-order valence-corrected chi connectivity index (χ2v) is 3.47. The molecule has 0 amide bonds. The van der Waals surface area contributed by atoms with Gasteiger partial charge in [-0.1, -0.05) is 13.0 Å². The first-order valence-corrected chi connectivity index (χ1v) is 5.17. The number of aromatic nitrogens is 1. The lowest BCUT2D eigenvalue weighted by molar-refractivity contribution is -0.143. The highest BCUT2D eigenvalue weighted by molar-refractivity contribution is 6.07. The third-order valence-corrected chi connectivity index (χ3v) is 2.45. The zero-order chi connectivity index (χ0) is 12.1. The average Bonchev–Trinajstić information content (AvgIpc) is 2.35. The van der Waals surface area contributed by atoms with Gasteiger partial charge in [-0.05, 0) is 25.0 Å². The van der Waals surface area contributed by atoms with Gasteiger partial charge >= 0.3 is 5.97 Å². The van der Waals surface area contributed by atoms with Gasteiger partial charge in [0.05, 0.1) is 7.11 Å². The van der Waals surface area contributed by atoms with Crippen LogP contribution in [0, 0.1) is 5.92 Å². The van der Waals surface area contributed by atoms with Crippen molar-refractivity contribution in [2.24, 2.45) is 5.92 Å². The summed E-state index contributed by atoms with van der Waals surface area (Å²) in [7, 11) is 1.27. The maximum absolute atomic E-state index is 12.0. The lowest BCUT2D eigenvalue weighted by Gasteiger charge is -2.09. The van der Waals surface area contributed by atoms with Crippen LogP contribution in [0.25, 0.3) is 0 Å². The summed E-state index contributed by atoms with van der Waals surface area (Å²) in [5.41, 5.74) is 1.21. The van der Waals surface area contributed by atoms with E-state index in [0.29, 0.717) is 12.1 Å². The summed E-state index contributed by atoms with van der Waals surface area (Å²) >= 11 is 0. The zero-order valence-electron chi connectivity index (χ0n) is 9.69. The molecule has 4 nitrogen and oxygen atoms in total. The van der Waals surface area contributed by atoms with Gasteiger partial charge in [0.2, 0.25) is 0 Å². The number of pyridine rings is 1. The number of methoxy groups -OCH3 is 1. The molecule has 0 N–H and O–H groups in total. The fourth-order valence-electron chi connectivity index (χ4n) is 1.43. The van der Waals surface area contributed by atoms with Gasteiger partial charge in [-0.2, -0.15) is 0 Å². The summed E-state index contributed by atoms with van der Waals surface area (Å²) < 4.78 is 4.54. The van der Waals surface area contributed by atoms with E-state index in [1.807, 2.05) is 13.0 Å². The minimum absolute atomic E-state index is 0.288. The second-order valence-electron chi connectivity index (χ2n) is 3.47. The van der Waals surface area contributed by atoms with Gasteiger partial charge in [0.1, 0.15) is 11.6 Å². The Labute approximate surface area is 94.6 Å². The average molecular weight is 221 g/mol. The number of aryl methyl sites for hydroxylation is 1. The van der Waals surface area contributed by atoms with Crippen molar-refractivity contribution in [3.8, 4) is 0 Å². The number of carbonyl (C=O) groups excluding carboxylic acids is 2. The Hall–Kier alpha value is -1.71. The zero-order valence-corrected chi connectivity index (χ0v) is 9.69. The van der Waals surface area contributed by atoms with Gasteiger partial charge < -0.3 is 4.74 Å². The van der Waals surface area contributed by atoms with Gasteiger partial charge in [0, 0.05) is 6.20 Å². The largest absolute Gasteiger partial charge is 0.468 e. The van der Waals surface area contributed by atoms with Crippen molar-refractivity contribution >= 4 is 11.8 Å². The van der Waals surface area contributed by atoms with Gasteiger partial charge in [-0.3, -0.25) is 14.6 Å². The molecule has 1 aromatic rings. The maximum atomic E-state index is 12.0. The fraction of sp³-hybridized carbons (Fsp3) is 0.417. The molecular formula is C12H15NO3. The number of Topliss-reactive ketones (excluding diaryl/α,β-unsaturated/α-hetero) is 1. The Bertz CT molecular complexity index is 401. The number of carbonyl (C=O) groups is 2. The van der Waals surface area contributed by atoms with Crippen molar-refractivity contribution in [2.45, 2.75) is 20.3 Å². The van der Waals surface area contributed by atoms with Crippen LogP contribution in [-0.2, 0) is 16.0 Å². The number of ketones is 1. The topological polar surface area (TPSA) is 56.3 Å². The summed E-state index contributed by atoms with van der Waals surface area (Å²) in [6, 6.07) is 3.61. The number of esters is 1. The van der Waals surface area contributed by atoms with Gasteiger partial charge in [0.25, 0.3) is 0 Å². The summed E-state index contributed by atoms with van der Waals surface area (Å²) in [6.45, 7) is 3.47. The van der Waals surface area contributed by atoms with Gasteiger partial charge in [0.15, 0.2) is 5.78 Å². The molecule has 0 saturated carbocycles. The Balaban J connectivity index is 3.00. The smallest absolute Gasteiger partial charge is 0.316 e. The molecule has 1 aromatic heterocycles. The molecule has 0 aromatic carbocycles. The standard InChI is InChI=1S/C12H15NO3/c1-4-9-6-5-7-13-10(9)11(14)8(2)12(15)16-3/h5-8H,4H2,1-3H3. The Morgan fingerprint density at radius 1 is 1.50 bits per heavy atom. The number of rotatable bonds is 4. The van der Waals surface area contributed by atoms with Crippen LogP contribution in [0.5, 0.6) is 0 Å². The van der Waals surface area contributed by atoms with E-state index in [9.17, 15) is 9.59 Å². The van der Waals surface area contributed by atoms with Crippen molar-refractivity contribution in [3.05, 3.63) is 29.6 Å². The predicted octanol–water partition coefficient (Wildman–Crippen LogP) is 1.64. The molecule has 0 spiro atoms. The van der Waals surface area contributed by atoms with Crippen molar-refractivity contribution in [1.82, 2.24) is 4.98 Å². The summed E-state index contributed by atoms with van der Waals surface area (Å²) in [5, 5.41) is 0. The fourth-order valence-corrected chi connectivity index (χ4v) is 1.43. The minimum atomic E-state index is -0.801. The number of ether oxygens (including phenoxy) is 1. The third-order valence-electron chi connectivity index (χ3n) is 2.45. The first-order valence-electron chi connectivity index (χ1n) is 5.17. The molecule has 86 valence electrons. The molecular weight excluding hydrogens is 206 g/mol. The maximum Gasteiger partial charge on any atom is 0.316 e. The molecule has 0 aliphatic carbocycles. The highest BCUT2D eigenvalue weighted by Crippen LogP contribution is 2.13. The van der Waals surface area contributed by atoms with Crippen molar-refractivity contribution < 1.29 is 14.3 Å². The molecule has 0 aliphatic heterocycles. The Morgan fingerprint density at radius 3 is 2.75 bits per heavy atom. The highest BCUT2D eigenvalue weighted by atomic mass is 16.5. The van der Waals surface area contributed by atoms with Crippen molar-refractivity contribution in [3.63, 3.8) is 0 Å². The molecule has 1 rings (SSSR count). The molecule has 0 radical (unpaired) electrons. The van der Waals surface area contributed by atoms with Crippen LogP contribution in [-0.4, -0.2) is 23.8 Å². The number of hydrogen-bond acceptors (Lipinski definition) is 4. The first kappa shape index (κ1) is 12.4. The molecule has 1 atom stereocenters. The summed E-state index contributed by atoms with van der Waals surface area (Å²) in [5.74, 6) is -1.62. The van der Waals surface area contributed by atoms with E-state index in [1.165, 1.54) is 14.0 Å². The minimum Gasteiger partial charge on any atom is -0.468 e. The van der Waals surface area contributed by atoms with E-state index in [-0.39, 0.29) is 5.78 Å². The van der Waals surface area contributed by atoms with E-state index in [0.717, 1.165) is 5.56 Å². The van der Waals surface area contributed by atoms with E-state index < -0.39 is 11.9 Å². The number of hydrogen-bond donors (Lipinski definition) is 0. The second kappa shape index (κ2) is 5.39. The normalized spacial score (nSPS) is 11.9. The van der Waals surface area contributed by atoms with Crippen LogP contribution in [0.1, 0.15) is 29.9 Å². The van der Waals surface area contributed by atoms with E-state index in [4.69, 9.17) is 0 Å². The van der Waals surface area contributed by atoms with Crippen molar-refractivity contribution in [1.29, 1.82) is 0 Å². The van der Waals surface area contributed by atoms with Crippen LogP contribution in [0.2, 0.25) is 0 Å². The third kappa shape index (κ3) is 2.45. The van der Waals surface area contributed by atoms with Crippen molar-refractivity contribution in [2.75, 3.05) is 7.11 Å². The van der Waals surface area contributed by atoms with Crippen LogP contribution in [0.4, 0.5) is 0 Å². The molecule has 0 saturated heterocycles. The Kier molecular flexibility index (Phi) is 4.17. The molecule has 0 fully saturated rings. The van der Waals surface area contributed by atoms with E-state index >= 15 is 0 Å². The van der Waals surface area contributed by atoms with Crippen LogP contribution >= 0.6 is 0 Å². The molecule has 1 heterocycles.